The van der Waals surface area contributed by atoms with Crippen molar-refractivity contribution in [1.82, 2.24) is 15.1 Å². The summed E-state index contributed by atoms with van der Waals surface area (Å²) >= 11 is 1.81. The third-order valence-corrected chi connectivity index (χ3v) is 4.21. The molecule has 0 spiro atoms. The van der Waals surface area contributed by atoms with Gasteiger partial charge in [0.25, 0.3) is 0 Å². The topological polar surface area (TPSA) is 29.9 Å². The van der Waals surface area contributed by atoms with Gasteiger partial charge in [-0.25, -0.2) is 0 Å². The van der Waals surface area contributed by atoms with Crippen molar-refractivity contribution >= 4 is 11.3 Å². The van der Waals surface area contributed by atoms with E-state index in [-0.39, 0.29) is 0 Å². The maximum absolute atomic E-state index is 4.61. The molecule has 2 heterocycles. The zero-order valence-electron chi connectivity index (χ0n) is 11.3. The molecule has 0 aliphatic heterocycles. The van der Waals surface area contributed by atoms with Crippen molar-refractivity contribution in [3.05, 3.63) is 39.8 Å². The summed E-state index contributed by atoms with van der Waals surface area (Å²) < 4.78 is 2.12. The molecule has 0 bridgehead atoms. The summed E-state index contributed by atoms with van der Waals surface area (Å²) in [7, 11) is 2.03. The number of aryl methyl sites for hydroxylation is 2. The average Bonchev–Trinajstić information content (AvgIpc) is 3.04. The second-order valence-electron chi connectivity index (χ2n) is 4.36. The molecule has 0 aliphatic carbocycles. The molecule has 2 aromatic rings. The summed E-state index contributed by atoms with van der Waals surface area (Å²) in [6.07, 6.45) is 2.00. The molecular weight excluding hydrogens is 242 g/mol. The van der Waals surface area contributed by atoms with Gasteiger partial charge < -0.3 is 5.32 Å². The normalized spacial score (nSPS) is 12.8. The molecule has 0 amide bonds. The summed E-state index contributed by atoms with van der Waals surface area (Å²) in [6.45, 7) is 5.24. The summed E-state index contributed by atoms with van der Waals surface area (Å²) in [5, 5.41) is 10.1. The van der Waals surface area contributed by atoms with Crippen LogP contribution in [0.3, 0.4) is 0 Å². The van der Waals surface area contributed by atoms with Crippen LogP contribution in [0.4, 0.5) is 0 Å². The summed E-state index contributed by atoms with van der Waals surface area (Å²) in [4.78, 5) is 1.39. The largest absolute Gasteiger partial charge is 0.312 e. The van der Waals surface area contributed by atoms with Gasteiger partial charge in [0.2, 0.25) is 0 Å². The van der Waals surface area contributed by atoms with Gasteiger partial charge in [-0.05, 0) is 37.9 Å². The molecular formula is C14H21N3S. The third-order valence-electron chi connectivity index (χ3n) is 3.22. The second-order valence-corrected chi connectivity index (χ2v) is 5.34. The summed E-state index contributed by atoms with van der Waals surface area (Å²) in [6, 6.07) is 6.93. The van der Waals surface area contributed by atoms with Gasteiger partial charge in [-0.3, -0.25) is 4.68 Å². The molecule has 0 radical (unpaired) electrons. The first kappa shape index (κ1) is 13.3. The predicted octanol–water partition coefficient (Wildman–Crippen LogP) is 3.03. The first-order valence-electron chi connectivity index (χ1n) is 6.54. The van der Waals surface area contributed by atoms with Gasteiger partial charge in [0.15, 0.2) is 0 Å². The number of hydrogen-bond donors (Lipinski definition) is 1. The third kappa shape index (κ3) is 2.82. The number of nitrogens with zero attached hydrogens (tertiary/aromatic N) is 2. The fourth-order valence-electron chi connectivity index (χ4n) is 2.17. The molecule has 0 saturated heterocycles. The minimum atomic E-state index is 0.386. The molecule has 2 rings (SSSR count). The van der Waals surface area contributed by atoms with E-state index in [0.717, 1.165) is 19.4 Å². The number of thiophene rings is 1. The van der Waals surface area contributed by atoms with Crippen molar-refractivity contribution in [2.45, 2.75) is 39.3 Å². The molecule has 0 aliphatic rings. The Morgan fingerprint density at radius 3 is 2.83 bits per heavy atom. The Balaban J connectivity index is 2.19. The molecule has 3 nitrogen and oxygen atoms in total. The smallest absolute Gasteiger partial charge is 0.0624 e. The van der Waals surface area contributed by atoms with Gasteiger partial charge in [-0.1, -0.05) is 13.0 Å². The standard InChI is InChI=1S/C14H21N3S/c1-4-11-9-12(17(5-2)16-11)10-13(15-3)14-7-6-8-18-14/h6-9,13,15H,4-5,10H2,1-3H3. The van der Waals surface area contributed by atoms with E-state index >= 15 is 0 Å². The Bertz CT molecular complexity index is 473. The lowest BCUT2D eigenvalue weighted by molar-refractivity contribution is 0.546. The Kier molecular flexibility index (Phi) is 4.55. The Hall–Kier alpha value is -1.13. The van der Waals surface area contributed by atoms with Crippen LogP contribution in [0.1, 0.15) is 36.2 Å². The van der Waals surface area contributed by atoms with E-state index in [0.29, 0.717) is 6.04 Å². The minimum absolute atomic E-state index is 0.386. The number of rotatable bonds is 6. The first-order valence-corrected chi connectivity index (χ1v) is 7.42. The van der Waals surface area contributed by atoms with Crippen LogP contribution in [0, 0.1) is 0 Å². The van der Waals surface area contributed by atoms with E-state index in [2.05, 4.69) is 52.5 Å². The fraction of sp³-hybridized carbons (Fsp3) is 0.500. The molecule has 0 saturated carbocycles. The van der Waals surface area contributed by atoms with Crippen molar-refractivity contribution in [1.29, 1.82) is 0 Å². The van der Waals surface area contributed by atoms with Gasteiger partial charge in [0.05, 0.1) is 5.69 Å². The van der Waals surface area contributed by atoms with Crippen molar-refractivity contribution < 1.29 is 0 Å². The van der Waals surface area contributed by atoms with Crippen molar-refractivity contribution in [3.63, 3.8) is 0 Å². The minimum Gasteiger partial charge on any atom is -0.312 e. The lowest BCUT2D eigenvalue weighted by atomic mass is 10.1. The van der Waals surface area contributed by atoms with E-state index in [1.807, 2.05) is 18.4 Å². The van der Waals surface area contributed by atoms with E-state index in [1.165, 1.54) is 16.3 Å². The number of nitrogens with one attached hydrogen (secondary N) is 1. The van der Waals surface area contributed by atoms with Crippen LogP contribution in [0.5, 0.6) is 0 Å². The molecule has 1 N–H and O–H groups in total. The summed E-state index contributed by atoms with van der Waals surface area (Å²) in [5.74, 6) is 0. The summed E-state index contributed by atoms with van der Waals surface area (Å²) in [5.41, 5.74) is 2.51. The zero-order chi connectivity index (χ0) is 13.0. The van der Waals surface area contributed by atoms with E-state index < -0.39 is 0 Å². The number of aromatic nitrogens is 2. The Morgan fingerprint density at radius 1 is 1.44 bits per heavy atom. The lowest BCUT2D eigenvalue weighted by Gasteiger charge is -2.15. The van der Waals surface area contributed by atoms with Crippen LogP contribution >= 0.6 is 11.3 Å². The molecule has 0 aromatic carbocycles. The predicted molar refractivity (Wildman–Crippen MR) is 77.1 cm³/mol. The lowest BCUT2D eigenvalue weighted by Crippen LogP contribution is -2.19. The van der Waals surface area contributed by atoms with Gasteiger partial charge in [0, 0.05) is 29.6 Å². The van der Waals surface area contributed by atoms with E-state index in [1.54, 1.807) is 0 Å². The molecule has 0 fully saturated rings. The molecule has 4 heteroatoms. The van der Waals surface area contributed by atoms with Crippen molar-refractivity contribution in [3.8, 4) is 0 Å². The fourth-order valence-corrected chi connectivity index (χ4v) is 3.01. The SMILES string of the molecule is CCc1cc(CC(NC)c2cccs2)n(CC)n1. The molecule has 2 aromatic heterocycles. The van der Waals surface area contributed by atoms with Crippen LogP contribution in [-0.4, -0.2) is 16.8 Å². The van der Waals surface area contributed by atoms with Crippen LogP contribution in [-0.2, 0) is 19.4 Å². The molecule has 1 atom stereocenters. The maximum Gasteiger partial charge on any atom is 0.0624 e. The highest BCUT2D eigenvalue weighted by atomic mass is 32.1. The quantitative estimate of drug-likeness (QED) is 0.868. The highest BCUT2D eigenvalue weighted by molar-refractivity contribution is 7.10. The number of hydrogen-bond acceptors (Lipinski definition) is 3. The maximum atomic E-state index is 4.61. The van der Waals surface area contributed by atoms with Crippen molar-refractivity contribution in [2.24, 2.45) is 0 Å². The highest BCUT2D eigenvalue weighted by Crippen LogP contribution is 2.23. The highest BCUT2D eigenvalue weighted by Gasteiger charge is 2.14. The molecule has 1 unspecified atom stereocenters. The van der Waals surface area contributed by atoms with Crippen LogP contribution < -0.4 is 5.32 Å². The van der Waals surface area contributed by atoms with Crippen LogP contribution in [0.25, 0.3) is 0 Å². The first-order chi connectivity index (χ1) is 8.78. The monoisotopic (exact) mass is 263 g/mol. The van der Waals surface area contributed by atoms with E-state index in [4.69, 9.17) is 0 Å². The van der Waals surface area contributed by atoms with E-state index in [9.17, 15) is 0 Å². The van der Waals surface area contributed by atoms with Crippen molar-refractivity contribution in [2.75, 3.05) is 7.05 Å². The van der Waals surface area contributed by atoms with Crippen LogP contribution in [0.2, 0.25) is 0 Å². The molecule has 98 valence electrons. The Labute approximate surface area is 113 Å². The average molecular weight is 263 g/mol. The van der Waals surface area contributed by atoms with Gasteiger partial charge in [-0.15, -0.1) is 11.3 Å². The second kappa shape index (κ2) is 6.16. The van der Waals surface area contributed by atoms with Gasteiger partial charge in [0.1, 0.15) is 0 Å². The van der Waals surface area contributed by atoms with Gasteiger partial charge in [-0.2, -0.15) is 5.10 Å². The Morgan fingerprint density at radius 2 is 2.28 bits per heavy atom. The zero-order valence-corrected chi connectivity index (χ0v) is 12.1. The van der Waals surface area contributed by atoms with Gasteiger partial charge >= 0.3 is 0 Å². The number of likely N-dealkylation sites (N-methyl/N-ethyl adjacent to an activating group) is 1. The molecule has 18 heavy (non-hydrogen) atoms. The van der Waals surface area contributed by atoms with Crippen LogP contribution in [0.15, 0.2) is 23.6 Å².